The third-order valence-corrected chi connectivity index (χ3v) is 11.3. The molecular formula is C51H32N4O2. The second kappa shape index (κ2) is 12.4. The molecule has 3 aromatic heterocycles. The lowest BCUT2D eigenvalue weighted by Crippen LogP contribution is -2.33. The summed E-state index contributed by atoms with van der Waals surface area (Å²) in [5.41, 5.74) is 11.7. The van der Waals surface area contributed by atoms with Crippen molar-refractivity contribution < 1.29 is 8.83 Å². The Labute approximate surface area is 326 Å². The molecule has 0 saturated heterocycles. The fraction of sp³-hybridized carbons (Fsp3) is 0.0196. The van der Waals surface area contributed by atoms with Gasteiger partial charge < -0.3 is 18.7 Å². The molecule has 4 heterocycles. The summed E-state index contributed by atoms with van der Waals surface area (Å²) in [5, 5.41) is 10.2. The number of fused-ring (bicyclic) bond motifs is 9. The standard InChI is InChI=1S/C51H32N4O2/c1-3-13-31(14-4-1)49-52-50(32-15-5-2-6-16-32)54-51(53-49)40-21-11-19-38-37-27-25-34(30-46(37)57-47(38)40)33-26-28-45-41(29-33)39-20-12-24-44(48(39)56-45)55-42-22-9-7-17-35(42)36-18-8-10-23-43(36)55/h1-30,49H,(H,52,53,54). The van der Waals surface area contributed by atoms with Gasteiger partial charge in [-0.15, -0.1) is 0 Å². The number of nitrogens with zero attached hydrogens (tertiary/aromatic N) is 3. The van der Waals surface area contributed by atoms with E-state index in [9.17, 15) is 0 Å². The second-order valence-corrected chi connectivity index (χ2v) is 14.6. The number of furan rings is 2. The van der Waals surface area contributed by atoms with Crippen LogP contribution in [0.2, 0.25) is 0 Å². The third kappa shape index (κ3) is 4.97. The molecule has 6 heteroatoms. The molecule has 0 bridgehead atoms. The van der Waals surface area contributed by atoms with Gasteiger partial charge in [-0.3, -0.25) is 0 Å². The lowest BCUT2D eigenvalue weighted by atomic mass is 10.0. The SMILES string of the molecule is c1ccc(C2=NC(c3cccc4c3oc3cc(-c5ccc6oc7c(-n8c9ccccc9c9ccccc98)cccc7c6c5)ccc34)=NC(c3ccccc3)N2)cc1. The van der Waals surface area contributed by atoms with E-state index in [0.717, 1.165) is 94.3 Å². The fourth-order valence-corrected chi connectivity index (χ4v) is 8.59. The van der Waals surface area contributed by atoms with Gasteiger partial charge in [-0.25, -0.2) is 9.98 Å². The van der Waals surface area contributed by atoms with E-state index in [4.69, 9.17) is 18.8 Å². The molecule has 0 saturated carbocycles. The van der Waals surface area contributed by atoms with Crippen LogP contribution in [0.25, 0.3) is 82.5 Å². The number of nitrogens with one attached hydrogen (secondary N) is 1. The van der Waals surface area contributed by atoms with Crippen LogP contribution in [0.1, 0.15) is 22.9 Å². The monoisotopic (exact) mass is 732 g/mol. The summed E-state index contributed by atoms with van der Waals surface area (Å²) in [6.07, 6.45) is -0.299. The molecule has 268 valence electrons. The summed E-state index contributed by atoms with van der Waals surface area (Å²) in [7, 11) is 0. The number of para-hydroxylation sites is 4. The number of hydrogen-bond donors (Lipinski definition) is 1. The Morgan fingerprint density at radius 1 is 0.456 bits per heavy atom. The predicted molar refractivity (Wildman–Crippen MR) is 233 cm³/mol. The van der Waals surface area contributed by atoms with Gasteiger partial charge in [0.2, 0.25) is 0 Å². The Morgan fingerprint density at radius 2 is 1.09 bits per heavy atom. The topological polar surface area (TPSA) is 68.0 Å². The van der Waals surface area contributed by atoms with Gasteiger partial charge in [0, 0.05) is 37.9 Å². The summed E-state index contributed by atoms with van der Waals surface area (Å²) >= 11 is 0. The molecule has 8 aromatic carbocycles. The summed E-state index contributed by atoms with van der Waals surface area (Å²) in [4.78, 5) is 10.2. The van der Waals surface area contributed by atoms with Crippen LogP contribution in [-0.2, 0) is 0 Å². The first-order chi connectivity index (χ1) is 28.2. The molecule has 1 aliphatic heterocycles. The van der Waals surface area contributed by atoms with Crippen molar-refractivity contribution in [1.29, 1.82) is 0 Å². The minimum absolute atomic E-state index is 0.299. The average molecular weight is 733 g/mol. The van der Waals surface area contributed by atoms with Gasteiger partial charge in [0.25, 0.3) is 0 Å². The van der Waals surface area contributed by atoms with Gasteiger partial charge in [0.1, 0.15) is 28.8 Å². The minimum Gasteiger partial charge on any atom is -0.455 e. The van der Waals surface area contributed by atoms with Crippen molar-refractivity contribution in [1.82, 2.24) is 9.88 Å². The van der Waals surface area contributed by atoms with Gasteiger partial charge in [-0.1, -0.05) is 133 Å². The molecule has 0 amide bonds. The lowest BCUT2D eigenvalue weighted by Gasteiger charge is -2.23. The van der Waals surface area contributed by atoms with Crippen molar-refractivity contribution in [3.63, 3.8) is 0 Å². The Balaban J connectivity index is 0.970. The molecule has 1 aliphatic rings. The molecule has 0 fully saturated rings. The van der Waals surface area contributed by atoms with Crippen molar-refractivity contribution in [3.8, 4) is 16.8 Å². The summed E-state index contributed by atoms with van der Waals surface area (Å²) in [6, 6.07) is 63.2. The van der Waals surface area contributed by atoms with Crippen LogP contribution in [0.4, 0.5) is 0 Å². The zero-order chi connectivity index (χ0) is 37.5. The Hall–Kier alpha value is -7.70. The number of aromatic nitrogens is 1. The van der Waals surface area contributed by atoms with Crippen LogP contribution in [0.3, 0.4) is 0 Å². The lowest BCUT2D eigenvalue weighted by molar-refractivity contribution is 0.663. The van der Waals surface area contributed by atoms with E-state index < -0.39 is 0 Å². The van der Waals surface area contributed by atoms with Crippen LogP contribution in [0, 0.1) is 0 Å². The third-order valence-electron chi connectivity index (χ3n) is 11.3. The molecule has 1 N–H and O–H groups in total. The molecule has 12 rings (SSSR count). The fourth-order valence-electron chi connectivity index (χ4n) is 8.59. The van der Waals surface area contributed by atoms with E-state index >= 15 is 0 Å². The molecule has 1 unspecified atom stereocenters. The van der Waals surface area contributed by atoms with Gasteiger partial charge in [-0.2, -0.15) is 0 Å². The van der Waals surface area contributed by atoms with E-state index in [-0.39, 0.29) is 6.17 Å². The maximum atomic E-state index is 6.76. The van der Waals surface area contributed by atoms with Crippen LogP contribution in [0.5, 0.6) is 0 Å². The molecule has 0 aliphatic carbocycles. The van der Waals surface area contributed by atoms with E-state index in [1.54, 1.807) is 0 Å². The van der Waals surface area contributed by atoms with Gasteiger partial charge >= 0.3 is 0 Å². The average Bonchev–Trinajstić information content (AvgIpc) is 3.96. The van der Waals surface area contributed by atoms with Crippen LogP contribution in [-0.4, -0.2) is 16.2 Å². The summed E-state index contributed by atoms with van der Waals surface area (Å²) in [5.74, 6) is 1.40. The van der Waals surface area contributed by atoms with E-state index in [1.165, 1.54) is 10.8 Å². The Kier molecular flexibility index (Phi) is 6.89. The Bertz CT molecular complexity index is 3390. The largest absolute Gasteiger partial charge is 0.455 e. The molecule has 11 aromatic rings. The highest BCUT2D eigenvalue weighted by Crippen LogP contribution is 2.40. The maximum Gasteiger partial charge on any atom is 0.163 e. The van der Waals surface area contributed by atoms with Crippen LogP contribution >= 0.6 is 0 Å². The first kappa shape index (κ1) is 31.6. The smallest absolute Gasteiger partial charge is 0.163 e. The van der Waals surface area contributed by atoms with Crippen molar-refractivity contribution in [3.05, 3.63) is 199 Å². The van der Waals surface area contributed by atoms with Crippen molar-refractivity contribution in [2.45, 2.75) is 6.17 Å². The molecule has 0 spiro atoms. The highest BCUT2D eigenvalue weighted by atomic mass is 16.3. The first-order valence-corrected chi connectivity index (χ1v) is 19.2. The molecule has 1 atom stereocenters. The van der Waals surface area contributed by atoms with E-state index in [1.807, 2.05) is 36.4 Å². The van der Waals surface area contributed by atoms with E-state index in [2.05, 4.69) is 155 Å². The highest BCUT2D eigenvalue weighted by Gasteiger charge is 2.24. The molecular weight excluding hydrogens is 701 g/mol. The number of amidine groups is 2. The first-order valence-electron chi connectivity index (χ1n) is 19.2. The second-order valence-electron chi connectivity index (χ2n) is 14.6. The molecule has 57 heavy (non-hydrogen) atoms. The highest BCUT2D eigenvalue weighted by molar-refractivity contribution is 6.20. The molecule has 0 radical (unpaired) electrons. The molecule has 6 nitrogen and oxygen atoms in total. The quantitative estimate of drug-likeness (QED) is 0.192. The zero-order valence-corrected chi connectivity index (χ0v) is 30.6. The van der Waals surface area contributed by atoms with Crippen molar-refractivity contribution in [2.75, 3.05) is 0 Å². The zero-order valence-electron chi connectivity index (χ0n) is 30.6. The van der Waals surface area contributed by atoms with Gasteiger partial charge in [-0.05, 0) is 65.2 Å². The number of rotatable bonds is 5. The van der Waals surface area contributed by atoms with Crippen LogP contribution < -0.4 is 5.32 Å². The summed E-state index contributed by atoms with van der Waals surface area (Å²) in [6.45, 7) is 0. The van der Waals surface area contributed by atoms with E-state index in [0.29, 0.717) is 5.84 Å². The normalized spacial score (nSPS) is 14.5. The number of aliphatic imine (C=N–C) groups is 2. The van der Waals surface area contributed by atoms with Crippen molar-refractivity contribution >= 4 is 77.4 Å². The number of hydrogen-bond acceptors (Lipinski definition) is 5. The Morgan fingerprint density at radius 3 is 1.88 bits per heavy atom. The minimum atomic E-state index is -0.299. The maximum absolute atomic E-state index is 6.76. The predicted octanol–water partition coefficient (Wildman–Crippen LogP) is 12.7. The number of benzene rings is 8. The van der Waals surface area contributed by atoms with Crippen LogP contribution in [0.15, 0.2) is 201 Å². The van der Waals surface area contributed by atoms with Gasteiger partial charge in [0.05, 0.1) is 22.3 Å². The van der Waals surface area contributed by atoms with Crippen molar-refractivity contribution in [2.24, 2.45) is 9.98 Å². The van der Waals surface area contributed by atoms with Gasteiger partial charge in [0.15, 0.2) is 11.4 Å². The summed E-state index contributed by atoms with van der Waals surface area (Å²) < 4.78 is 15.8.